The number of rotatable bonds is 7. The average Bonchev–Trinajstić information content (AvgIpc) is 2.58. The number of cyclic esters (lactones) is 1. The minimum Gasteiger partial charge on any atom is -0.461 e. The van der Waals surface area contributed by atoms with Crippen molar-refractivity contribution in [2.45, 2.75) is 97.4 Å². The van der Waals surface area contributed by atoms with E-state index in [1.807, 2.05) is 0 Å². The number of esters is 1. The molecule has 3 heteroatoms. The normalized spacial score (nSPS) is 30.6. The Morgan fingerprint density at radius 3 is 2.09 bits per heavy atom. The third-order valence-electron chi connectivity index (χ3n) is 6.77. The fourth-order valence-corrected chi connectivity index (χ4v) is 13.4. The fourth-order valence-electron chi connectivity index (χ4n) is 5.87. The van der Waals surface area contributed by atoms with E-state index in [0.717, 1.165) is 19.3 Å². The lowest BCUT2D eigenvalue weighted by molar-refractivity contribution is -0.143. The number of fused-ring (bicyclic) bond motifs is 1. The lowest BCUT2D eigenvalue weighted by Crippen LogP contribution is -2.56. The van der Waals surface area contributed by atoms with E-state index in [1.165, 1.54) is 5.20 Å². The molecule has 1 saturated heterocycles. The summed E-state index contributed by atoms with van der Waals surface area (Å²) in [7, 11) is -1.72. The topological polar surface area (TPSA) is 26.3 Å². The Morgan fingerprint density at radius 1 is 1.13 bits per heavy atom. The number of hydrogen-bond donors (Lipinski definition) is 0. The molecule has 1 aliphatic carbocycles. The first kappa shape index (κ1) is 18.8. The molecular formula is C20H36O2Si. The molecule has 0 N–H and O–H groups in total. The summed E-state index contributed by atoms with van der Waals surface area (Å²) in [5.74, 6) is 0.105. The molecule has 0 amide bonds. The molecule has 2 nitrogen and oxygen atoms in total. The van der Waals surface area contributed by atoms with Crippen LogP contribution in [0.25, 0.3) is 0 Å². The largest absolute Gasteiger partial charge is 0.461 e. The average molecular weight is 337 g/mol. The zero-order valence-corrected chi connectivity index (χ0v) is 17.4. The van der Waals surface area contributed by atoms with Crippen LogP contribution in [0.4, 0.5) is 0 Å². The van der Waals surface area contributed by atoms with E-state index in [4.69, 9.17) is 4.74 Å². The van der Waals surface area contributed by atoms with Crippen molar-refractivity contribution in [3.63, 3.8) is 0 Å². The second kappa shape index (κ2) is 6.38. The minimum atomic E-state index is -1.72. The van der Waals surface area contributed by atoms with Crippen LogP contribution in [0.2, 0.25) is 16.6 Å². The Morgan fingerprint density at radius 2 is 1.65 bits per heavy atom. The highest BCUT2D eigenvalue weighted by atomic mass is 28.3. The molecule has 3 atom stereocenters. The van der Waals surface area contributed by atoms with E-state index in [9.17, 15) is 4.79 Å². The maximum atomic E-state index is 12.7. The Kier molecular flexibility index (Phi) is 5.21. The van der Waals surface area contributed by atoms with Crippen LogP contribution < -0.4 is 0 Å². The predicted octanol–water partition coefficient (Wildman–Crippen LogP) is 5.88. The van der Waals surface area contributed by atoms with Gasteiger partial charge in [-0.2, -0.15) is 0 Å². The maximum Gasteiger partial charge on any atom is 0.314 e. The first-order valence-corrected chi connectivity index (χ1v) is 11.8. The monoisotopic (exact) mass is 336 g/mol. The van der Waals surface area contributed by atoms with E-state index >= 15 is 0 Å². The molecule has 132 valence electrons. The highest BCUT2D eigenvalue weighted by molar-refractivity contribution is 6.90. The molecule has 0 spiro atoms. The SMILES string of the molecule is CCCC[C@H]1OC(=O)[C@@H]2C([Si](C(C)C)(C(C)C)C(C)C)=C[C@@]21C. The minimum absolute atomic E-state index is 0.0431. The molecule has 23 heavy (non-hydrogen) atoms. The van der Waals surface area contributed by atoms with Crippen molar-refractivity contribution in [1.82, 2.24) is 0 Å². The van der Waals surface area contributed by atoms with Crippen molar-refractivity contribution in [2.24, 2.45) is 11.3 Å². The predicted molar refractivity (Wildman–Crippen MR) is 100 cm³/mol. The molecule has 1 fully saturated rings. The summed E-state index contributed by atoms with van der Waals surface area (Å²) in [5, 5.41) is 1.50. The third-order valence-corrected chi connectivity index (χ3v) is 13.9. The number of carbonyl (C=O) groups excluding carboxylic acids is 1. The van der Waals surface area contributed by atoms with E-state index in [2.05, 4.69) is 61.5 Å². The molecule has 0 aromatic heterocycles. The van der Waals surface area contributed by atoms with Crippen molar-refractivity contribution >= 4 is 14.0 Å². The molecular weight excluding hydrogens is 300 g/mol. The molecule has 0 aromatic rings. The van der Waals surface area contributed by atoms with Gasteiger partial charge in [-0.25, -0.2) is 0 Å². The Hall–Kier alpha value is -0.573. The molecule has 1 heterocycles. The van der Waals surface area contributed by atoms with Gasteiger partial charge in [-0.3, -0.25) is 4.79 Å². The van der Waals surface area contributed by atoms with Crippen LogP contribution in [0.1, 0.15) is 74.7 Å². The van der Waals surface area contributed by atoms with Crippen molar-refractivity contribution in [1.29, 1.82) is 0 Å². The van der Waals surface area contributed by atoms with Gasteiger partial charge < -0.3 is 4.74 Å². The number of hydrogen-bond acceptors (Lipinski definition) is 2. The van der Waals surface area contributed by atoms with Gasteiger partial charge in [-0.05, 0) is 23.0 Å². The Balaban J connectivity index is 2.43. The highest BCUT2D eigenvalue weighted by Gasteiger charge is 2.65. The van der Waals surface area contributed by atoms with Crippen LogP contribution in [0.15, 0.2) is 11.3 Å². The standard InChI is InChI=1S/C20H36O2Si/c1-9-10-11-17-20(8)12-16(18(20)19(21)22-17)23(13(2)3,14(4)5)15(6)7/h12-15,17-18H,9-11H2,1-8H3/t17-,18+,20-/m1/s1. The quantitative estimate of drug-likeness (QED) is 0.428. The second-order valence-corrected chi connectivity index (χ2v) is 14.8. The summed E-state index contributed by atoms with van der Waals surface area (Å²) in [6, 6.07) is 0. The number of ether oxygens (including phenoxy) is 1. The maximum absolute atomic E-state index is 12.7. The van der Waals surface area contributed by atoms with Gasteiger partial charge in [0.1, 0.15) is 6.10 Å². The zero-order chi connectivity index (χ0) is 17.6. The first-order chi connectivity index (χ1) is 10.6. The van der Waals surface area contributed by atoms with Crippen LogP contribution in [0.3, 0.4) is 0 Å². The van der Waals surface area contributed by atoms with Crippen LogP contribution in [-0.2, 0) is 9.53 Å². The summed E-state index contributed by atoms with van der Waals surface area (Å²) in [6.07, 6.45) is 5.90. The van der Waals surface area contributed by atoms with Crippen molar-refractivity contribution in [3.8, 4) is 0 Å². The third kappa shape index (κ3) is 2.54. The molecule has 0 bridgehead atoms. The lowest BCUT2D eigenvalue weighted by atomic mass is 9.65. The van der Waals surface area contributed by atoms with E-state index in [1.54, 1.807) is 0 Å². The lowest BCUT2D eigenvalue weighted by Gasteiger charge is -2.54. The molecule has 0 radical (unpaired) electrons. The summed E-state index contributed by atoms with van der Waals surface area (Å²) in [6.45, 7) is 18.7. The highest BCUT2D eigenvalue weighted by Crippen LogP contribution is 2.62. The summed E-state index contributed by atoms with van der Waals surface area (Å²) < 4.78 is 5.85. The van der Waals surface area contributed by atoms with Crippen LogP contribution in [0, 0.1) is 11.3 Å². The Bertz CT molecular complexity index is 470. The van der Waals surface area contributed by atoms with E-state index in [-0.39, 0.29) is 23.4 Å². The van der Waals surface area contributed by atoms with Crippen LogP contribution in [-0.4, -0.2) is 20.1 Å². The van der Waals surface area contributed by atoms with Gasteiger partial charge in [0, 0.05) is 5.41 Å². The van der Waals surface area contributed by atoms with Gasteiger partial charge in [0.2, 0.25) is 0 Å². The summed E-state index contributed by atoms with van der Waals surface area (Å²) in [4.78, 5) is 12.7. The van der Waals surface area contributed by atoms with Gasteiger partial charge in [0.15, 0.2) is 0 Å². The molecule has 0 unspecified atom stereocenters. The van der Waals surface area contributed by atoms with Crippen molar-refractivity contribution < 1.29 is 9.53 Å². The number of carbonyl (C=O) groups is 1. The van der Waals surface area contributed by atoms with Crippen molar-refractivity contribution in [3.05, 3.63) is 11.3 Å². The second-order valence-electron chi connectivity index (χ2n) is 8.86. The summed E-state index contributed by atoms with van der Waals surface area (Å²) >= 11 is 0. The fraction of sp³-hybridized carbons (Fsp3) is 0.850. The smallest absolute Gasteiger partial charge is 0.314 e. The van der Waals surface area contributed by atoms with Gasteiger partial charge >= 0.3 is 5.97 Å². The zero-order valence-electron chi connectivity index (χ0n) is 16.4. The van der Waals surface area contributed by atoms with Gasteiger partial charge in [0.25, 0.3) is 0 Å². The molecule has 2 rings (SSSR count). The van der Waals surface area contributed by atoms with Gasteiger partial charge in [-0.15, -0.1) is 0 Å². The number of unbranched alkanes of at least 4 members (excludes halogenated alkanes) is 1. The van der Waals surface area contributed by atoms with Gasteiger partial charge in [-0.1, -0.05) is 79.5 Å². The molecule has 0 aromatic carbocycles. The van der Waals surface area contributed by atoms with Crippen LogP contribution in [0.5, 0.6) is 0 Å². The first-order valence-electron chi connectivity index (χ1n) is 9.57. The molecule has 0 saturated carbocycles. The summed E-state index contributed by atoms with van der Waals surface area (Å²) in [5.41, 5.74) is 1.92. The van der Waals surface area contributed by atoms with E-state index < -0.39 is 8.07 Å². The van der Waals surface area contributed by atoms with Crippen LogP contribution >= 0.6 is 0 Å². The molecule has 2 aliphatic rings. The molecule has 1 aliphatic heterocycles. The van der Waals surface area contributed by atoms with Crippen molar-refractivity contribution in [2.75, 3.05) is 0 Å². The Labute approximate surface area is 144 Å². The van der Waals surface area contributed by atoms with E-state index in [0.29, 0.717) is 16.6 Å². The van der Waals surface area contributed by atoms with Gasteiger partial charge in [0.05, 0.1) is 14.0 Å².